The third-order valence-electron chi connectivity index (χ3n) is 6.94. The second-order valence-corrected chi connectivity index (χ2v) is 8.51. The van der Waals surface area contributed by atoms with E-state index in [9.17, 15) is 9.59 Å². The average Bonchev–Trinajstić information content (AvgIpc) is 3.49. The predicted molar refractivity (Wildman–Crippen MR) is 125 cm³/mol. The summed E-state index contributed by atoms with van der Waals surface area (Å²) >= 11 is 0. The molecule has 34 heavy (non-hydrogen) atoms. The van der Waals surface area contributed by atoms with E-state index in [1.807, 2.05) is 60.7 Å². The number of carbonyl (C=O) groups excluding carboxylic acids is 2. The molecule has 0 amide bonds. The second kappa shape index (κ2) is 8.52. The highest BCUT2D eigenvalue weighted by Crippen LogP contribution is 2.56. The molecule has 1 saturated carbocycles. The summed E-state index contributed by atoms with van der Waals surface area (Å²) in [6, 6.07) is 17.2. The van der Waals surface area contributed by atoms with E-state index >= 15 is 0 Å². The third-order valence-corrected chi connectivity index (χ3v) is 6.94. The summed E-state index contributed by atoms with van der Waals surface area (Å²) in [7, 11) is 4.26. The highest BCUT2D eigenvalue weighted by atomic mass is 16.5. The molecule has 0 unspecified atom stereocenters. The maximum atomic E-state index is 13.7. The maximum Gasteiger partial charge on any atom is 0.339 e. The van der Waals surface area contributed by atoms with Crippen LogP contribution < -0.4 is 0 Å². The first kappa shape index (κ1) is 22.0. The molecule has 3 aliphatic rings. The number of rotatable bonds is 4. The van der Waals surface area contributed by atoms with Crippen molar-refractivity contribution in [2.24, 2.45) is 5.92 Å². The monoisotopic (exact) mass is 458 g/mol. The van der Waals surface area contributed by atoms with Gasteiger partial charge in [0.15, 0.2) is 5.60 Å². The quantitative estimate of drug-likeness (QED) is 0.621. The van der Waals surface area contributed by atoms with Crippen LogP contribution in [0.4, 0.5) is 0 Å². The molecule has 6 nitrogen and oxygen atoms in total. The first-order valence-corrected chi connectivity index (χ1v) is 11.3. The van der Waals surface area contributed by atoms with Crippen LogP contribution >= 0.6 is 0 Å². The van der Waals surface area contributed by atoms with Gasteiger partial charge in [-0.2, -0.15) is 0 Å². The first-order valence-electron chi connectivity index (χ1n) is 11.3. The molecule has 0 N–H and O–H groups in total. The second-order valence-electron chi connectivity index (χ2n) is 8.51. The van der Waals surface area contributed by atoms with Gasteiger partial charge in [0.05, 0.1) is 26.9 Å². The van der Waals surface area contributed by atoms with Gasteiger partial charge in [0.25, 0.3) is 0 Å². The minimum absolute atomic E-state index is 0.144. The molecule has 2 bridgehead atoms. The lowest BCUT2D eigenvalue weighted by Gasteiger charge is -2.34. The zero-order valence-corrected chi connectivity index (χ0v) is 19.4. The van der Waals surface area contributed by atoms with Crippen molar-refractivity contribution < 1.29 is 28.5 Å². The summed E-state index contributed by atoms with van der Waals surface area (Å²) in [5.74, 6) is -0.353. The number of allylic oxidation sites excluding steroid dienone is 2. The largest absolute Gasteiger partial charge is 0.497 e. The summed E-state index contributed by atoms with van der Waals surface area (Å²) in [6.07, 6.45) is 4.17. The molecule has 6 heteroatoms. The topological polar surface area (TPSA) is 71.1 Å². The molecular formula is C28H26O6. The highest BCUT2D eigenvalue weighted by Gasteiger charge is 2.55. The van der Waals surface area contributed by atoms with Gasteiger partial charge in [0, 0.05) is 28.7 Å². The Hall–Kier alpha value is -3.80. The predicted octanol–water partition coefficient (Wildman–Crippen LogP) is 4.66. The summed E-state index contributed by atoms with van der Waals surface area (Å²) in [5.41, 5.74) is 2.26. The van der Waals surface area contributed by atoms with Crippen LogP contribution in [-0.2, 0) is 34.1 Å². The van der Waals surface area contributed by atoms with Crippen LogP contribution in [0.5, 0.6) is 0 Å². The van der Waals surface area contributed by atoms with Gasteiger partial charge in [0.2, 0.25) is 0 Å². The number of benzene rings is 2. The van der Waals surface area contributed by atoms with Crippen LogP contribution in [0.1, 0.15) is 36.0 Å². The van der Waals surface area contributed by atoms with Gasteiger partial charge in [-0.05, 0) is 24.8 Å². The lowest BCUT2D eigenvalue weighted by atomic mass is 9.74. The van der Waals surface area contributed by atoms with Crippen molar-refractivity contribution in [3.05, 3.63) is 99.8 Å². The van der Waals surface area contributed by atoms with Crippen LogP contribution in [0.25, 0.3) is 5.76 Å². The molecule has 2 aromatic rings. The molecule has 0 spiro atoms. The van der Waals surface area contributed by atoms with Gasteiger partial charge in [-0.1, -0.05) is 54.6 Å². The summed E-state index contributed by atoms with van der Waals surface area (Å²) < 4.78 is 23.2. The molecule has 0 aromatic heterocycles. The van der Waals surface area contributed by atoms with E-state index < -0.39 is 17.5 Å². The average molecular weight is 459 g/mol. The molecule has 2 aromatic carbocycles. The van der Waals surface area contributed by atoms with E-state index in [-0.39, 0.29) is 17.1 Å². The molecule has 1 aliphatic carbocycles. The number of carbonyl (C=O) groups is 2. The zero-order chi connectivity index (χ0) is 23.9. The summed E-state index contributed by atoms with van der Waals surface area (Å²) in [5, 5.41) is 0. The van der Waals surface area contributed by atoms with Gasteiger partial charge in [0.1, 0.15) is 17.1 Å². The number of fused-ring (bicyclic) bond motifs is 6. The van der Waals surface area contributed by atoms with E-state index in [4.69, 9.17) is 18.9 Å². The van der Waals surface area contributed by atoms with Crippen LogP contribution in [0.2, 0.25) is 0 Å². The smallest absolute Gasteiger partial charge is 0.339 e. The van der Waals surface area contributed by atoms with Crippen molar-refractivity contribution in [3.8, 4) is 0 Å². The third kappa shape index (κ3) is 3.09. The normalized spacial score (nSPS) is 28.8. The molecule has 2 atom stereocenters. The Morgan fingerprint density at radius 2 is 1.65 bits per heavy atom. The van der Waals surface area contributed by atoms with Crippen LogP contribution in [0, 0.1) is 5.92 Å². The van der Waals surface area contributed by atoms with E-state index in [1.165, 1.54) is 14.2 Å². The number of methoxy groups -OCH3 is 3. The Balaban J connectivity index is 2.00. The van der Waals surface area contributed by atoms with Gasteiger partial charge in [-0.3, -0.25) is 0 Å². The fourth-order valence-corrected chi connectivity index (χ4v) is 5.54. The summed E-state index contributed by atoms with van der Waals surface area (Å²) in [4.78, 5) is 27.1. The molecule has 1 fully saturated rings. The number of ether oxygens (including phenoxy) is 4. The summed E-state index contributed by atoms with van der Waals surface area (Å²) in [6.45, 7) is 0. The fraction of sp³-hybridized carbons (Fsp3) is 0.286. The van der Waals surface area contributed by atoms with Crippen molar-refractivity contribution in [1.82, 2.24) is 0 Å². The molecule has 2 heterocycles. The minimum atomic E-state index is -1.39. The van der Waals surface area contributed by atoms with Crippen molar-refractivity contribution >= 4 is 17.7 Å². The molecule has 174 valence electrons. The Morgan fingerprint density at radius 3 is 2.35 bits per heavy atom. The van der Waals surface area contributed by atoms with Gasteiger partial charge >= 0.3 is 11.9 Å². The Kier molecular flexibility index (Phi) is 5.52. The Morgan fingerprint density at radius 1 is 0.941 bits per heavy atom. The molecular weight excluding hydrogens is 432 g/mol. The lowest BCUT2D eigenvalue weighted by molar-refractivity contribution is -0.141. The highest BCUT2D eigenvalue weighted by molar-refractivity contribution is 6.04. The van der Waals surface area contributed by atoms with Crippen LogP contribution in [0.3, 0.4) is 0 Å². The van der Waals surface area contributed by atoms with E-state index in [0.29, 0.717) is 23.5 Å². The maximum absolute atomic E-state index is 13.7. The number of hydrogen-bond acceptors (Lipinski definition) is 6. The van der Waals surface area contributed by atoms with Crippen LogP contribution in [-0.4, -0.2) is 33.3 Å². The Labute approximate surface area is 198 Å². The van der Waals surface area contributed by atoms with Gasteiger partial charge in [-0.15, -0.1) is 0 Å². The zero-order valence-electron chi connectivity index (χ0n) is 19.4. The van der Waals surface area contributed by atoms with Crippen molar-refractivity contribution in [2.45, 2.75) is 24.9 Å². The Bertz CT molecular complexity index is 1250. The van der Waals surface area contributed by atoms with E-state index in [1.54, 1.807) is 7.11 Å². The van der Waals surface area contributed by atoms with E-state index in [0.717, 1.165) is 29.5 Å². The number of hydrogen-bond donors (Lipinski definition) is 0. The molecule has 5 rings (SSSR count). The van der Waals surface area contributed by atoms with Crippen LogP contribution in [0.15, 0.2) is 83.2 Å². The standard InChI is InChI=1S/C28H26O6/c1-31-22-16-23-20-12-7-8-15-21(20)28(34-23,17-10-5-4-6-11-17)25(27(30)33-3)24(26(29)32-2)19-14-9-13-18(19)22/h4-8,10-12,15-16,19H,9,13-14H2,1-3H3/b22-18+,23-16-,25-24+/t19-,28-/m1/s1. The molecule has 0 radical (unpaired) electrons. The van der Waals surface area contributed by atoms with Crippen molar-refractivity contribution in [2.75, 3.05) is 21.3 Å². The van der Waals surface area contributed by atoms with Crippen molar-refractivity contribution in [1.29, 1.82) is 0 Å². The lowest BCUT2D eigenvalue weighted by Crippen LogP contribution is -2.37. The van der Waals surface area contributed by atoms with Crippen molar-refractivity contribution in [3.63, 3.8) is 0 Å². The molecule has 2 aliphatic heterocycles. The van der Waals surface area contributed by atoms with E-state index in [2.05, 4.69) is 0 Å². The van der Waals surface area contributed by atoms with Gasteiger partial charge in [-0.25, -0.2) is 9.59 Å². The number of esters is 2. The molecule has 0 saturated heterocycles. The minimum Gasteiger partial charge on any atom is -0.497 e. The first-order chi connectivity index (χ1) is 16.6. The fourth-order valence-electron chi connectivity index (χ4n) is 5.54. The SMILES string of the molecule is COC(=O)/C1=C(\C(=O)OC)[C@]2(c3ccccc3)O/C(=C\C(OC)=C3\CCC[C@@H]13)c1ccccc12. The van der Waals surface area contributed by atoms with Gasteiger partial charge < -0.3 is 18.9 Å².